The molecule has 1 saturated carbocycles. The molecule has 3 nitrogen and oxygen atoms in total. The average molecular weight is 264 g/mol. The molecule has 0 aliphatic heterocycles. The highest BCUT2D eigenvalue weighted by Gasteiger charge is 2.27. The summed E-state index contributed by atoms with van der Waals surface area (Å²) in [6.45, 7) is 0. The van der Waals surface area contributed by atoms with Crippen molar-refractivity contribution in [1.82, 2.24) is 15.2 Å². The van der Waals surface area contributed by atoms with Crippen LogP contribution in [0.15, 0.2) is 28.7 Å². The fourth-order valence-electron chi connectivity index (χ4n) is 1.54. The first-order valence-electron chi connectivity index (χ1n) is 5.01. The molecule has 0 radical (unpaired) electrons. The summed E-state index contributed by atoms with van der Waals surface area (Å²) >= 11 is 3.41. The molecule has 1 aliphatic carbocycles. The topological polar surface area (TPSA) is 41.6 Å². The van der Waals surface area contributed by atoms with E-state index in [1.165, 1.54) is 12.8 Å². The van der Waals surface area contributed by atoms with E-state index < -0.39 is 0 Å². The number of nitrogens with zero attached hydrogens (tertiary/aromatic N) is 2. The summed E-state index contributed by atoms with van der Waals surface area (Å²) in [4.78, 5) is 4.49. The van der Waals surface area contributed by atoms with Crippen LogP contribution < -0.4 is 0 Å². The van der Waals surface area contributed by atoms with E-state index >= 15 is 0 Å². The normalized spacial score (nSPS) is 15.5. The van der Waals surface area contributed by atoms with Crippen molar-refractivity contribution < 1.29 is 0 Å². The van der Waals surface area contributed by atoms with Crippen LogP contribution in [0.5, 0.6) is 0 Å². The maximum absolute atomic E-state index is 4.49. The number of halogens is 1. The zero-order valence-electron chi connectivity index (χ0n) is 8.07. The van der Waals surface area contributed by atoms with Crippen molar-refractivity contribution in [3.63, 3.8) is 0 Å². The molecule has 2 aromatic rings. The van der Waals surface area contributed by atoms with Gasteiger partial charge in [-0.3, -0.25) is 5.10 Å². The Bertz CT molecular complexity index is 471. The van der Waals surface area contributed by atoms with Crippen LogP contribution in [-0.2, 0) is 0 Å². The first-order valence-corrected chi connectivity index (χ1v) is 5.80. The van der Waals surface area contributed by atoms with Crippen molar-refractivity contribution in [2.24, 2.45) is 0 Å². The van der Waals surface area contributed by atoms with Crippen molar-refractivity contribution in [2.45, 2.75) is 18.8 Å². The summed E-state index contributed by atoms with van der Waals surface area (Å²) in [7, 11) is 0. The summed E-state index contributed by atoms with van der Waals surface area (Å²) in [6, 6.07) is 8.04. The molecular weight excluding hydrogens is 254 g/mol. The van der Waals surface area contributed by atoms with Crippen molar-refractivity contribution in [1.29, 1.82) is 0 Å². The van der Waals surface area contributed by atoms with E-state index in [1.54, 1.807) is 0 Å². The van der Waals surface area contributed by atoms with E-state index in [0.29, 0.717) is 5.92 Å². The molecule has 1 aromatic heterocycles. The maximum Gasteiger partial charge on any atom is 0.181 e. The van der Waals surface area contributed by atoms with E-state index in [4.69, 9.17) is 0 Å². The van der Waals surface area contributed by atoms with Crippen molar-refractivity contribution in [3.05, 3.63) is 34.6 Å². The predicted molar refractivity (Wildman–Crippen MR) is 61.5 cm³/mol. The summed E-state index contributed by atoms with van der Waals surface area (Å²) in [5, 5.41) is 7.23. The van der Waals surface area contributed by atoms with Gasteiger partial charge in [-0.15, -0.1) is 0 Å². The summed E-state index contributed by atoms with van der Waals surface area (Å²) in [5.74, 6) is 2.46. The molecule has 76 valence electrons. The zero-order valence-corrected chi connectivity index (χ0v) is 9.66. The van der Waals surface area contributed by atoms with Gasteiger partial charge in [0.25, 0.3) is 0 Å². The first-order chi connectivity index (χ1) is 7.33. The molecule has 0 amide bonds. The number of aromatic nitrogens is 3. The van der Waals surface area contributed by atoms with Gasteiger partial charge in [-0.05, 0) is 25.0 Å². The van der Waals surface area contributed by atoms with E-state index in [1.807, 2.05) is 24.3 Å². The van der Waals surface area contributed by atoms with E-state index in [2.05, 4.69) is 31.1 Å². The van der Waals surface area contributed by atoms with Gasteiger partial charge in [0.15, 0.2) is 5.82 Å². The molecule has 0 atom stereocenters. The van der Waals surface area contributed by atoms with Crippen LogP contribution in [0.1, 0.15) is 24.6 Å². The number of hydrogen-bond donors (Lipinski definition) is 1. The second-order valence-corrected chi connectivity index (χ2v) is 4.74. The van der Waals surface area contributed by atoms with Crippen LogP contribution in [0.4, 0.5) is 0 Å². The molecule has 15 heavy (non-hydrogen) atoms. The third kappa shape index (κ3) is 1.81. The maximum atomic E-state index is 4.49. The fourth-order valence-corrected chi connectivity index (χ4v) is 1.81. The molecule has 0 spiro atoms. The lowest BCUT2D eigenvalue weighted by Crippen LogP contribution is -1.82. The van der Waals surface area contributed by atoms with Crippen molar-refractivity contribution in [2.75, 3.05) is 0 Å². The lowest BCUT2D eigenvalue weighted by atomic mass is 10.2. The summed E-state index contributed by atoms with van der Waals surface area (Å²) in [6.07, 6.45) is 2.49. The van der Waals surface area contributed by atoms with Gasteiger partial charge in [-0.1, -0.05) is 28.1 Å². The predicted octanol–water partition coefficient (Wildman–Crippen LogP) is 3.11. The number of benzene rings is 1. The highest BCUT2D eigenvalue weighted by molar-refractivity contribution is 9.10. The number of hydrogen-bond acceptors (Lipinski definition) is 2. The third-order valence-corrected chi connectivity index (χ3v) is 3.10. The van der Waals surface area contributed by atoms with Gasteiger partial charge in [-0.2, -0.15) is 5.10 Å². The van der Waals surface area contributed by atoms with Gasteiger partial charge in [0.1, 0.15) is 5.82 Å². The Morgan fingerprint density at radius 2 is 1.93 bits per heavy atom. The van der Waals surface area contributed by atoms with Crippen molar-refractivity contribution >= 4 is 15.9 Å². The van der Waals surface area contributed by atoms with Gasteiger partial charge in [-0.25, -0.2) is 4.98 Å². The number of nitrogens with one attached hydrogen (secondary N) is 1. The molecule has 1 aromatic carbocycles. The molecule has 1 fully saturated rings. The third-order valence-electron chi connectivity index (χ3n) is 2.57. The van der Waals surface area contributed by atoms with Crippen LogP contribution in [0, 0.1) is 0 Å². The fraction of sp³-hybridized carbons (Fsp3) is 0.273. The monoisotopic (exact) mass is 263 g/mol. The lowest BCUT2D eigenvalue weighted by molar-refractivity contribution is 0.935. The minimum atomic E-state index is 0.627. The van der Waals surface area contributed by atoms with Crippen LogP contribution in [0.25, 0.3) is 11.4 Å². The second-order valence-electron chi connectivity index (χ2n) is 3.83. The van der Waals surface area contributed by atoms with Gasteiger partial charge in [0.05, 0.1) is 0 Å². The van der Waals surface area contributed by atoms with Crippen LogP contribution in [-0.4, -0.2) is 15.2 Å². The van der Waals surface area contributed by atoms with E-state index in [9.17, 15) is 0 Å². The molecule has 1 heterocycles. The van der Waals surface area contributed by atoms with Crippen LogP contribution in [0.2, 0.25) is 0 Å². The molecule has 0 unspecified atom stereocenters. The Labute approximate surface area is 96.1 Å². The molecule has 0 bridgehead atoms. The highest BCUT2D eigenvalue weighted by atomic mass is 79.9. The highest BCUT2D eigenvalue weighted by Crippen LogP contribution is 2.38. The minimum absolute atomic E-state index is 0.627. The summed E-state index contributed by atoms with van der Waals surface area (Å²) in [5.41, 5.74) is 1.06. The quantitative estimate of drug-likeness (QED) is 0.905. The molecular formula is C11H10BrN3. The molecule has 3 rings (SSSR count). The Morgan fingerprint density at radius 3 is 2.60 bits per heavy atom. The molecule has 1 aliphatic rings. The first kappa shape index (κ1) is 9.09. The van der Waals surface area contributed by atoms with Gasteiger partial charge in [0, 0.05) is 16.0 Å². The van der Waals surface area contributed by atoms with Crippen LogP contribution in [0.3, 0.4) is 0 Å². The van der Waals surface area contributed by atoms with Gasteiger partial charge in [0.2, 0.25) is 0 Å². The lowest BCUT2D eigenvalue weighted by Gasteiger charge is -1.94. The van der Waals surface area contributed by atoms with Gasteiger partial charge < -0.3 is 0 Å². The second kappa shape index (κ2) is 3.45. The molecule has 4 heteroatoms. The van der Waals surface area contributed by atoms with Gasteiger partial charge >= 0.3 is 0 Å². The molecule has 1 N–H and O–H groups in total. The average Bonchev–Trinajstić information content (AvgIpc) is 2.99. The standard InChI is InChI=1S/C11H10BrN3/c12-9-5-3-8(4-6-9)11-13-10(14-15-11)7-1-2-7/h3-7H,1-2H2,(H,13,14,15). The minimum Gasteiger partial charge on any atom is -0.262 e. The smallest absolute Gasteiger partial charge is 0.181 e. The number of aromatic amines is 1. The van der Waals surface area contributed by atoms with E-state index in [-0.39, 0.29) is 0 Å². The molecule has 0 saturated heterocycles. The van der Waals surface area contributed by atoms with Crippen LogP contribution >= 0.6 is 15.9 Å². The Balaban J connectivity index is 1.93. The number of rotatable bonds is 2. The Hall–Kier alpha value is -1.16. The largest absolute Gasteiger partial charge is 0.262 e. The van der Waals surface area contributed by atoms with Crippen molar-refractivity contribution in [3.8, 4) is 11.4 Å². The van der Waals surface area contributed by atoms with E-state index in [0.717, 1.165) is 21.7 Å². The Morgan fingerprint density at radius 1 is 1.20 bits per heavy atom. The Kier molecular flexibility index (Phi) is 2.09. The SMILES string of the molecule is Brc1ccc(-c2n[nH]c(C3CC3)n2)cc1. The number of H-pyrrole nitrogens is 1. The zero-order chi connectivity index (χ0) is 10.3. The summed E-state index contributed by atoms with van der Waals surface area (Å²) < 4.78 is 1.07.